The lowest BCUT2D eigenvalue weighted by Gasteiger charge is -2.10. The summed E-state index contributed by atoms with van der Waals surface area (Å²) in [6.07, 6.45) is 0. The zero-order chi connectivity index (χ0) is 16.8. The van der Waals surface area contributed by atoms with Gasteiger partial charge in [0.15, 0.2) is 0 Å². The molecule has 0 spiro atoms. The molecule has 0 unspecified atom stereocenters. The molecular formula is C15H12ClF3N2O2. The maximum Gasteiger partial charge on any atom is 0.387 e. The fraction of sp³-hybridized carbons (Fsp3) is 0.133. The van der Waals surface area contributed by atoms with Crippen LogP contribution in [0.5, 0.6) is 5.75 Å². The minimum Gasteiger partial charge on any atom is -0.433 e. The predicted molar refractivity (Wildman–Crippen MR) is 81.6 cm³/mol. The molecule has 0 saturated carbocycles. The second-order valence-electron chi connectivity index (χ2n) is 4.44. The molecule has 4 nitrogen and oxygen atoms in total. The highest BCUT2D eigenvalue weighted by molar-refractivity contribution is 6.32. The number of anilines is 2. The van der Waals surface area contributed by atoms with Crippen molar-refractivity contribution in [2.24, 2.45) is 0 Å². The Morgan fingerprint density at radius 3 is 2.61 bits per heavy atom. The van der Waals surface area contributed by atoms with Crippen molar-refractivity contribution in [2.45, 2.75) is 6.61 Å². The molecule has 23 heavy (non-hydrogen) atoms. The van der Waals surface area contributed by atoms with E-state index in [2.05, 4.69) is 15.4 Å². The van der Waals surface area contributed by atoms with E-state index in [9.17, 15) is 18.0 Å². The predicted octanol–water partition coefficient (Wildman–Crippen LogP) is 4.13. The first-order valence-electron chi connectivity index (χ1n) is 6.47. The molecule has 2 rings (SSSR count). The van der Waals surface area contributed by atoms with E-state index in [1.54, 1.807) is 6.07 Å². The summed E-state index contributed by atoms with van der Waals surface area (Å²) in [6.45, 7) is -3.08. The van der Waals surface area contributed by atoms with Crippen LogP contribution in [0, 0.1) is 5.82 Å². The van der Waals surface area contributed by atoms with Gasteiger partial charge in [-0.1, -0.05) is 17.7 Å². The number of carbonyl (C=O) groups excluding carboxylic acids is 1. The van der Waals surface area contributed by atoms with Gasteiger partial charge in [0.2, 0.25) is 5.91 Å². The summed E-state index contributed by atoms with van der Waals surface area (Å²) in [7, 11) is 0. The fourth-order valence-corrected chi connectivity index (χ4v) is 1.98. The van der Waals surface area contributed by atoms with Gasteiger partial charge in [-0.05, 0) is 36.4 Å². The third-order valence-corrected chi connectivity index (χ3v) is 3.00. The van der Waals surface area contributed by atoms with Crippen molar-refractivity contribution in [1.82, 2.24) is 0 Å². The summed E-state index contributed by atoms with van der Waals surface area (Å²) in [4.78, 5) is 11.7. The lowest BCUT2D eigenvalue weighted by Crippen LogP contribution is -2.21. The van der Waals surface area contributed by atoms with E-state index in [0.717, 1.165) is 0 Å². The SMILES string of the molecule is O=C(CNc1ccc(OC(F)F)c(Cl)c1)Nc1cccc(F)c1. The third-order valence-electron chi connectivity index (χ3n) is 2.71. The number of halogens is 4. The Hall–Kier alpha value is -2.41. The number of carbonyl (C=O) groups is 1. The fourth-order valence-electron chi connectivity index (χ4n) is 1.76. The molecule has 0 aliphatic heterocycles. The average molecular weight is 345 g/mol. The van der Waals surface area contributed by atoms with Crippen LogP contribution in [0.15, 0.2) is 42.5 Å². The van der Waals surface area contributed by atoms with Crippen LogP contribution in [0.1, 0.15) is 0 Å². The van der Waals surface area contributed by atoms with E-state index in [0.29, 0.717) is 11.4 Å². The Balaban J connectivity index is 1.90. The van der Waals surface area contributed by atoms with Crippen molar-refractivity contribution in [3.63, 3.8) is 0 Å². The summed E-state index contributed by atoms with van der Waals surface area (Å²) in [6, 6.07) is 9.54. The molecule has 2 aromatic rings. The normalized spacial score (nSPS) is 10.5. The summed E-state index contributed by atoms with van der Waals surface area (Å²) in [5.74, 6) is -1.02. The van der Waals surface area contributed by atoms with Gasteiger partial charge >= 0.3 is 6.61 Å². The first-order valence-corrected chi connectivity index (χ1v) is 6.85. The number of nitrogens with one attached hydrogen (secondary N) is 2. The van der Waals surface area contributed by atoms with Crippen molar-refractivity contribution in [1.29, 1.82) is 0 Å². The van der Waals surface area contributed by atoms with Crippen LogP contribution in [0.25, 0.3) is 0 Å². The molecule has 0 aliphatic rings. The minimum absolute atomic E-state index is 0.0131. The molecule has 0 aliphatic carbocycles. The van der Waals surface area contributed by atoms with Gasteiger partial charge in [-0.25, -0.2) is 4.39 Å². The Kier molecular flexibility index (Phi) is 5.70. The monoisotopic (exact) mass is 344 g/mol. The number of benzene rings is 2. The molecule has 0 heterocycles. The first-order chi connectivity index (χ1) is 10.9. The lowest BCUT2D eigenvalue weighted by molar-refractivity contribution is -0.114. The van der Waals surface area contributed by atoms with Crippen molar-refractivity contribution in [2.75, 3.05) is 17.2 Å². The highest BCUT2D eigenvalue weighted by Crippen LogP contribution is 2.28. The van der Waals surface area contributed by atoms with E-state index < -0.39 is 18.3 Å². The average Bonchev–Trinajstić information content (AvgIpc) is 2.47. The number of rotatable bonds is 6. The van der Waals surface area contributed by atoms with Gasteiger partial charge < -0.3 is 15.4 Å². The van der Waals surface area contributed by atoms with Crippen LogP contribution >= 0.6 is 11.6 Å². The Labute approximate surface area is 135 Å². The van der Waals surface area contributed by atoms with Gasteiger partial charge in [-0.3, -0.25) is 4.79 Å². The van der Waals surface area contributed by atoms with Gasteiger partial charge in [0.1, 0.15) is 11.6 Å². The van der Waals surface area contributed by atoms with Crippen molar-refractivity contribution < 1.29 is 22.7 Å². The van der Waals surface area contributed by atoms with Crippen LogP contribution in [-0.2, 0) is 4.79 Å². The van der Waals surface area contributed by atoms with Crippen LogP contribution < -0.4 is 15.4 Å². The van der Waals surface area contributed by atoms with E-state index in [1.807, 2.05) is 0 Å². The summed E-state index contributed by atoms with van der Waals surface area (Å²) in [5.41, 5.74) is 0.779. The van der Waals surface area contributed by atoms with Gasteiger partial charge in [-0.15, -0.1) is 0 Å². The lowest BCUT2D eigenvalue weighted by atomic mass is 10.3. The first kappa shape index (κ1) is 17.0. The number of amides is 1. The van der Waals surface area contributed by atoms with Crippen molar-refractivity contribution in [3.05, 3.63) is 53.3 Å². The molecule has 0 saturated heterocycles. The van der Waals surface area contributed by atoms with Gasteiger partial charge in [0, 0.05) is 11.4 Å². The molecule has 0 fully saturated rings. The number of hydrogen-bond donors (Lipinski definition) is 2. The second-order valence-corrected chi connectivity index (χ2v) is 4.84. The van der Waals surface area contributed by atoms with Crippen LogP contribution in [0.3, 0.4) is 0 Å². The Morgan fingerprint density at radius 1 is 1.17 bits per heavy atom. The molecule has 8 heteroatoms. The van der Waals surface area contributed by atoms with Gasteiger partial charge in [0.25, 0.3) is 0 Å². The van der Waals surface area contributed by atoms with E-state index in [1.165, 1.54) is 36.4 Å². The van der Waals surface area contributed by atoms with Gasteiger partial charge in [0.05, 0.1) is 11.6 Å². The molecule has 0 bridgehead atoms. The smallest absolute Gasteiger partial charge is 0.387 e. The molecule has 122 valence electrons. The summed E-state index contributed by atoms with van der Waals surface area (Å²) < 4.78 is 41.4. The highest BCUT2D eigenvalue weighted by Gasteiger charge is 2.09. The molecule has 0 atom stereocenters. The number of ether oxygens (including phenoxy) is 1. The summed E-state index contributed by atoms with van der Waals surface area (Å²) in [5, 5.41) is 5.26. The maximum absolute atomic E-state index is 13.0. The quantitative estimate of drug-likeness (QED) is 0.828. The standard InChI is InChI=1S/C15H12ClF3N2O2/c16-12-7-10(4-5-13(12)23-15(18)19)20-8-14(22)21-11-3-1-2-9(17)6-11/h1-7,15,20H,8H2,(H,21,22). The molecule has 0 radical (unpaired) electrons. The van der Waals surface area contributed by atoms with Crippen molar-refractivity contribution in [3.8, 4) is 5.75 Å². The van der Waals surface area contributed by atoms with Crippen LogP contribution in [-0.4, -0.2) is 19.1 Å². The third kappa shape index (κ3) is 5.37. The van der Waals surface area contributed by atoms with Crippen LogP contribution in [0.2, 0.25) is 5.02 Å². The zero-order valence-corrected chi connectivity index (χ0v) is 12.4. The molecule has 2 N–H and O–H groups in total. The van der Waals surface area contributed by atoms with Gasteiger partial charge in [-0.2, -0.15) is 8.78 Å². The maximum atomic E-state index is 13.0. The summed E-state index contributed by atoms with van der Waals surface area (Å²) >= 11 is 5.80. The van der Waals surface area contributed by atoms with E-state index in [4.69, 9.17) is 11.6 Å². The zero-order valence-electron chi connectivity index (χ0n) is 11.7. The largest absolute Gasteiger partial charge is 0.433 e. The Morgan fingerprint density at radius 2 is 1.96 bits per heavy atom. The van der Waals surface area contributed by atoms with E-state index >= 15 is 0 Å². The van der Waals surface area contributed by atoms with E-state index in [-0.39, 0.29) is 17.3 Å². The van der Waals surface area contributed by atoms with Crippen LogP contribution in [0.4, 0.5) is 24.5 Å². The number of hydrogen-bond acceptors (Lipinski definition) is 3. The molecule has 2 aromatic carbocycles. The molecular weight excluding hydrogens is 333 g/mol. The Bertz CT molecular complexity index is 698. The minimum atomic E-state index is -2.97. The highest BCUT2D eigenvalue weighted by atomic mass is 35.5. The molecule has 1 amide bonds. The second kappa shape index (κ2) is 7.73. The number of alkyl halides is 2. The molecule has 0 aromatic heterocycles. The van der Waals surface area contributed by atoms with Crippen molar-refractivity contribution >= 4 is 28.9 Å². The topological polar surface area (TPSA) is 50.4 Å².